The molecule has 2 heterocycles. The van der Waals surface area contributed by atoms with Gasteiger partial charge >= 0.3 is 0 Å². The molecule has 1 saturated heterocycles. The fraction of sp³-hybridized carbons (Fsp3) is 0.333. The third-order valence-corrected chi connectivity index (χ3v) is 3.79. The van der Waals surface area contributed by atoms with E-state index in [0.717, 1.165) is 30.2 Å². The molecular weight excluding hydrogens is 290 g/mol. The third-order valence-electron chi connectivity index (χ3n) is 3.56. The van der Waals surface area contributed by atoms with Crippen LogP contribution < -0.4 is 10.2 Å². The molecule has 0 bridgehead atoms. The highest BCUT2D eigenvalue weighted by atomic mass is 35.5. The molecule has 1 N–H and O–H groups in total. The fourth-order valence-corrected chi connectivity index (χ4v) is 2.70. The van der Waals surface area contributed by atoms with E-state index < -0.39 is 0 Å². The van der Waals surface area contributed by atoms with Gasteiger partial charge in [-0.2, -0.15) is 0 Å². The highest BCUT2D eigenvalue weighted by Crippen LogP contribution is 2.23. The minimum Gasteiger partial charge on any atom is -0.369 e. The predicted molar refractivity (Wildman–Crippen MR) is 80.8 cm³/mol. The number of nitrogens with one attached hydrogen (secondary N) is 1. The molecule has 2 aromatic rings. The summed E-state index contributed by atoms with van der Waals surface area (Å²) >= 11 is 6.01. The van der Waals surface area contributed by atoms with Gasteiger partial charge in [0.1, 0.15) is 5.76 Å². The molecule has 1 aromatic carbocycles. The van der Waals surface area contributed by atoms with Gasteiger partial charge in [-0.3, -0.25) is 4.79 Å². The molecule has 1 atom stereocenters. The molecule has 0 spiro atoms. The molecule has 0 unspecified atom stereocenters. The second kappa shape index (κ2) is 5.77. The number of halogens is 1. The summed E-state index contributed by atoms with van der Waals surface area (Å²) in [6.45, 7) is 3.42. The molecule has 3 rings (SSSR count). The first-order chi connectivity index (χ1) is 10.1. The van der Waals surface area contributed by atoms with E-state index in [4.69, 9.17) is 16.1 Å². The van der Waals surface area contributed by atoms with Crippen molar-refractivity contribution in [1.82, 2.24) is 10.5 Å². The second-order valence-electron chi connectivity index (χ2n) is 5.21. The van der Waals surface area contributed by atoms with Crippen LogP contribution in [0.15, 0.2) is 34.9 Å². The van der Waals surface area contributed by atoms with Gasteiger partial charge in [-0.1, -0.05) is 22.8 Å². The largest absolute Gasteiger partial charge is 0.369 e. The molecule has 0 radical (unpaired) electrons. The Morgan fingerprint density at radius 1 is 1.48 bits per heavy atom. The van der Waals surface area contributed by atoms with Gasteiger partial charge in [0.25, 0.3) is 5.91 Å². The highest BCUT2D eigenvalue weighted by molar-refractivity contribution is 6.30. The molecule has 6 heteroatoms. The highest BCUT2D eigenvalue weighted by Gasteiger charge is 2.25. The van der Waals surface area contributed by atoms with Gasteiger partial charge in [0.15, 0.2) is 5.69 Å². The maximum Gasteiger partial charge on any atom is 0.273 e. The van der Waals surface area contributed by atoms with Crippen LogP contribution in [-0.4, -0.2) is 30.2 Å². The number of benzene rings is 1. The lowest BCUT2D eigenvalue weighted by atomic mass is 10.2. The molecule has 1 aromatic heterocycles. The summed E-state index contributed by atoms with van der Waals surface area (Å²) in [6.07, 6.45) is 0.898. The number of hydrogen-bond donors (Lipinski definition) is 1. The van der Waals surface area contributed by atoms with E-state index >= 15 is 0 Å². The van der Waals surface area contributed by atoms with Crippen molar-refractivity contribution in [3.05, 3.63) is 46.8 Å². The normalized spacial score (nSPS) is 18.0. The number of hydrogen-bond acceptors (Lipinski definition) is 4. The molecule has 1 fully saturated rings. The minimum atomic E-state index is -0.190. The van der Waals surface area contributed by atoms with Crippen LogP contribution in [0.5, 0.6) is 0 Å². The summed E-state index contributed by atoms with van der Waals surface area (Å²) in [5.74, 6) is 0.442. The van der Waals surface area contributed by atoms with Gasteiger partial charge in [0, 0.05) is 35.9 Å². The summed E-state index contributed by atoms with van der Waals surface area (Å²) in [7, 11) is 0. The standard InChI is InChI=1S/C15H16ClN3O2/c1-10-7-14(18-21-10)15(20)17-12-5-6-19(9-12)13-4-2-3-11(16)8-13/h2-4,7-8,12H,5-6,9H2,1H3,(H,17,20)/t12-/m0/s1. The maximum atomic E-state index is 12.0. The van der Waals surface area contributed by atoms with Crippen LogP contribution in [0.1, 0.15) is 22.7 Å². The Bertz CT molecular complexity index is 656. The van der Waals surface area contributed by atoms with Gasteiger partial charge in [0.2, 0.25) is 0 Å². The zero-order valence-corrected chi connectivity index (χ0v) is 12.4. The fourth-order valence-electron chi connectivity index (χ4n) is 2.52. The number of rotatable bonds is 3. The van der Waals surface area contributed by atoms with Crippen molar-refractivity contribution in [3.63, 3.8) is 0 Å². The van der Waals surface area contributed by atoms with E-state index in [1.807, 2.05) is 24.3 Å². The van der Waals surface area contributed by atoms with Crippen LogP contribution in [-0.2, 0) is 0 Å². The van der Waals surface area contributed by atoms with Crippen LogP contribution in [0.2, 0.25) is 5.02 Å². The zero-order chi connectivity index (χ0) is 14.8. The van der Waals surface area contributed by atoms with Crippen molar-refractivity contribution in [1.29, 1.82) is 0 Å². The number of carbonyl (C=O) groups excluding carboxylic acids is 1. The number of anilines is 1. The lowest BCUT2D eigenvalue weighted by Crippen LogP contribution is -2.37. The molecule has 0 aliphatic carbocycles. The Morgan fingerprint density at radius 3 is 3.05 bits per heavy atom. The average Bonchev–Trinajstić information content (AvgIpc) is 3.08. The van der Waals surface area contributed by atoms with Crippen LogP contribution in [0.3, 0.4) is 0 Å². The Balaban J connectivity index is 1.61. The molecule has 1 aliphatic rings. The first-order valence-corrected chi connectivity index (χ1v) is 7.24. The smallest absolute Gasteiger partial charge is 0.273 e. The van der Waals surface area contributed by atoms with E-state index in [2.05, 4.69) is 15.4 Å². The summed E-state index contributed by atoms with van der Waals surface area (Å²) in [4.78, 5) is 14.3. The van der Waals surface area contributed by atoms with Crippen molar-refractivity contribution >= 4 is 23.2 Å². The molecule has 110 valence electrons. The number of amides is 1. The first kappa shape index (κ1) is 13.9. The van der Waals surface area contributed by atoms with Crippen molar-refractivity contribution in [2.24, 2.45) is 0 Å². The van der Waals surface area contributed by atoms with E-state index in [0.29, 0.717) is 11.5 Å². The van der Waals surface area contributed by atoms with Gasteiger partial charge in [-0.25, -0.2) is 0 Å². The van der Waals surface area contributed by atoms with Gasteiger partial charge in [-0.15, -0.1) is 0 Å². The predicted octanol–water partition coefficient (Wildman–Crippen LogP) is 2.65. The minimum absolute atomic E-state index is 0.105. The van der Waals surface area contributed by atoms with Crippen LogP contribution in [0.25, 0.3) is 0 Å². The quantitative estimate of drug-likeness (QED) is 0.947. The molecule has 21 heavy (non-hydrogen) atoms. The maximum absolute atomic E-state index is 12.0. The molecule has 0 saturated carbocycles. The van der Waals surface area contributed by atoms with Crippen LogP contribution >= 0.6 is 11.6 Å². The number of aromatic nitrogens is 1. The van der Waals surface area contributed by atoms with E-state index in [9.17, 15) is 4.79 Å². The topological polar surface area (TPSA) is 58.4 Å². The Hall–Kier alpha value is -2.01. The van der Waals surface area contributed by atoms with E-state index in [-0.39, 0.29) is 11.9 Å². The van der Waals surface area contributed by atoms with Gasteiger partial charge in [0.05, 0.1) is 0 Å². The van der Waals surface area contributed by atoms with Crippen LogP contribution in [0, 0.1) is 6.92 Å². The summed E-state index contributed by atoms with van der Waals surface area (Å²) in [5.41, 5.74) is 1.41. The Morgan fingerprint density at radius 2 is 2.33 bits per heavy atom. The van der Waals surface area contributed by atoms with Gasteiger partial charge < -0.3 is 14.7 Å². The first-order valence-electron chi connectivity index (χ1n) is 6.86. The van der Waals surface area contributed by atoms with E-state index in [1.165, 1.54) is 0 Å². The summed E-state index contributed by atoms with van der Waals surface area (Å²) in [5, 5.41) is 7.44. The molecule has 5 nitrogen and oxygen atoms in total. The number of nitrogens with zero attached hydrogens (tertiary/aromatic N) is 2. The lowest BCUT2D eigenvalue weighted by Gasteiger charge is -2.19. The molecule has 1 amide bonds. The summed E-state index contributed by atoms with van der Waals surface area (Å²) < 4.78 is 4.92. The van der Waals surface area contributed by atoms with E-state index in [1.54, 1.807) is 13.0 Å². The number of carbonyl (C=O) groups is 1. The molecular formula is C15H16ClN3O2. The SMILES string of the molecule is Cc1cc(C(=O)N[C@H]2CCN(c3cccc(Cl)c3)C2)no1. The van der Waals surface area contributed by atoms with Crippen molar-refractivity contribution in [3.8, 4) is 0 Å². The molecule has 1 aliphatic heterocycles. The van der Waals surface area contributed by atoms with Crippen molar-refractivity contribution < 1.29 is 9.32 Å². The average molecular weight is 306 g/mol. The van der Waals surface area contributed by atoms with Crippen molar-refractivity contribution in [2.45, 2.75) is 19.4 Å². The zero-order valence-electron chi connectivity index (χ0n) is 11.7. The third kappa shape index (κ3) is 3.19. The monoisotopic (exact) mass is 305 g/mol. The van der Waals surface area contributed by atoms with Crippen molar-refractivity contribution in [2.75, 3.05) is 18.0 Å². The number of aryl methyl sites for hydroxylation is 1. The van der Waals surface area contributed by atoms with Gasteiger partial charge in [-0.05, 0) is 31.5 Å². The second-order valence-corrected chi connectivity index (χ2v) is 5.64. The Kier molecular flexibility index (Phi) is 3.84. The lowest BCUT2D eigenvalue weighted by molar-refractivity contribution is 0.0931. The summed E-state index contributed by atoms with van der Waals surface area (Å²) in [6, 6.07) is 9.49. The Labute approximate surface area is 127 Å². The van der Waals surface area contributed by atoms with Crippen LogP contribution in [0.4, 0.5) is 5.69 Å².